The molecule has 0 aromatic heterocycles. The van der Waals surface area contributed by atoms with Crippen molar-refractivity contribution in [2.45, 2.75) is 64.5 Å². The van der Waals surface area contributed by atoms with Crippen LogP contribution in [0.3, 0.4) is 0 Å². The van der Waals surface area contributed by atoms with Crippen molar-refractivity contribution in [1.82, 2.24) is 10.4 Å². The van der Waals surface area contributed by atoms with Gasteiger partial charge in [0.15, 0.2) is 6.04 Å². The second-order valence-electron chi connectivity index (χ2n) is 8.28. The molecule has 1 amide bonds. The van der Waals surface area contributed by atoms with Gasteiger partial charge in [-0.05, 0) is 57.2 Å². The van der Waals surface area contributed by atoms with Gasteiger partial charge < -0.3 is 14.6 Å². The highest BCUT2D eigenvalue weighted by molar-refractivity contribution is 5.76. The zero-order valence-electron chi connectivity index (χ0n) is 17.2. The van der Waals surface area contributed by atoms with E-state index in [-0.39, 0.29) is 0 Å². The summed E-state index contributed by atoms with van der Waals surface area (Å²) in [7, 11) is 1.56. The lowest BCUT2D eigenvalue weighted by atomic mass is 9.88. The van der Waals surface area contributed by atoms with Crippen molar-refractivity contribution in [1.29, 1.82) is 0 Å². The Morgan fingerprint density at radius 1 is 1.18 bits per heavy atom. The normalized spacial score (nSPS) is 16.5. The molecule has 0 radical (unpaired) electrons. The maximum atomic E-state index is 12.4. The summed E-state index contributed by atoms with van der Waals surface area (Å²) in [5, 5.41) is 11.4. The molecule has 156 valence electrons. The van der Waals surface area contributed by atoms with Crippen LogP contribution >= 0.6 is 0 Å². The first-order chi connectivity index (χ1) is 13.2. The minimum atomic E-state index is -1.03. The Hall–Kier alpha value is -2.28. The fourth-order valence-corrected chi connectivity index (χ4v) is 3.52. The van der Waals surface area contributed by atoms with Crippen molar-refractivity contribution in [3.63, 3.8) is 0 Å². The zero-order valence-corrected chi connectivity index (χ0v) is 17.2. The van der Waals surface area contributed by atoms with E-state index in [0.717, 1.165) is 25.7 Å². The number of nitrogens with one attached hydrogen (secondary N) is 1. The van der Waals surface area contributed by atoms with Crippen LogP contribution in [0.2, 0.25) is 0 Å². The maximum absolute atomic E-state index is 12.4. The number of carbonyl (C=O) groups excluding carboxylic acids is 1. The summed E-state index contributed by atoms with van der Waals surface area (Å²) >= 11 is 0. The summed E-state index contributed by atoms with van der Waals surface area (Å²) < 4.78 is 10.5. The van der Waals surface area contributed by atoms with E-state index in [9.17, 15) is 14.7 Å². The number of hydrazine groups is 1. The molecule has 1 aliphatic rings. The Bertz CT molecular complexity index is 648. The van der Waals surface area contributed by atoms with Crippen LogP contribution in [-0.4, -0.2) is 41.4 Å². The van der Waals surface area contributed by atoms with E-state index in [0.29, 0.717) is 23.8 Å². The van der Waals surface area contributed by atoms with Gasteiger partial charge in [0.2, 0.25) is 0 Å². The first-order valence-electron chi connectivity index (χ1n) is 9.82. The third-order valence-corrected chi connectivity index (χ3v) is 4.79. The molecule has 7 heteroatoms. The van der Waals surface area contributed by atoms with Crippen molar-refractivity contribution >= 4 is 12.1 Å². The molecule has 7 nitrogen and oxygen atoms in total. The number of amides is 1. The highest BCUT2D eigenvalue weighted by Gasteiger charge is 2.32. The predicted octanol–water partition coefficient (Wildman–Crippen LogP) is 4.14. The molecule has 1 aromatic carbocycles. The van der Waals surface area contributed by atoms with Crippen molar-refractivity contribution in [3.8, 4) is 5.75 Å². The standard InChI is InChI=1S/C21H32N2O5/c1-21(2,3)28-20(26)22-23(14-15-8-6-5-7-9-15)18(19(24)25)16-10-12-17(27-4)13-11-16/h10-13,15,18H,5-9,14H2,1-4H3,(H,22,26)(H,24,25). The van der Waals surface area contributed by atoms with E-state index in [2.05, 4.69) is 5.43 Å². The van der Waals surface area contributed by atoms with Crippen molar-refractivity contribution in [3.05, 3.63) is 29.8 Å². The van der Waals surface area contributed by atoms with Gasteiger partial charge in [0.05, 0.1) is 7.11 Å². The van der Waals surface area contributed by atoms with Crippen LogP contribution in [0.25, 0.3) is 0 Å². The molecular formula is C21H32N2O5. The van der Waals surface area contributed by atoms with Crippen LogP contribution in [0.5, 0.6) is 5.75 Å². The molecule has 1 aliphatic carbocycles. The number of ether oxygens (including phenoxy) is 2. The summed E-state index contributed by atoms with van der Waals surface area (Å²) in [5.74, 6) is -0.0485. The Morgan fingerprint density at radius 2 is 1.79 bits per heavy atom. The number of aliphatic carboxylic acids is 1. The first kappa shape index (κ1) is 22.0. The minimum Gasteiger partial charge on any atom is -0.497 e. The molecule has 0 aliphatic heterocycles. The number of carbonyl (C=O) groups is 2. The number of carboxylic acid groups (broad SMARTS) is 1. The van der Waals surface area contributed by atoms with E-state index in [1.807, 2.05) is 0 Å². The molecule has 1 saturated carbocycles. The highest BCUT2D eigenvalue weighted by Crippen LogP contribution is 2.28. The summed E-state index contributed by atoms with van der Waals surface area (Å²) in [6, 6.07) is 5.85. The molecule has 1 unspecified atom stereocenters. The summed E-state index contributed by atoms with van der Waals surface area (Å²) in [6.45, 7) is 5.78. The van der Waals surface area contributed by atoms with Crippen LogP contribution in [0, 0.1) is 5.92 Å². The lowest BCUT2D eigenvalue weighted by Gasteiger charge is -2.34. The molecule has 0 bridgehead atoms. The van der Waals surface area contributed by atoms with E-state index in [4.69, 9.17) is 9.47 Å². The van der Waals surface area contributed by atoms with Crippen LogP contribution in [0.1, 0.15) is 64.5 Å². The molecule has 2 rings (SSSR count). The molecule has 2 N–H and O–H groups in total. The van der Waals surface area contributed by atoms with Crippen LogP contribution in [-0.2, 0) is 9.53 Å². The number of hydrogen-bond acceptors (Lipinski definition) is 5. The van der Waals surface area contributed by atoms with Crippen molar-refractivity contribution in [2.75, 3.05) is 13.7 Å². The van der Waals surface area contributed by atoms with Gasteiger partial charge in [-0.1, -0.05) is 31.4 Å². The number of carboxylic acids is 1. The third kappa shape index (κ3) is 6.71. The van der Waals surface area contributed by atoms with Gasteiger partial charge in [0, 0.05) is 6.54 Å². The van der Waals surface area contributed by atoms with Gasteiger partial charge in [0.1, 0.15) is 11.4 Å². The number of methoxy groups -OCH3 is 1. The molecular weight excluding hydrogens is 360 g/mol. The quantitative estimate of drug-likeness (QED) is 0.678. The lowest BCUT2D eigenvalue weighted by molar-refractivity contribution is -0.145. The van der Waals surface area contributed by atoms with Crippen LogP contribution in [0.15, 0.2) is 24.3 Å². The van der Waals surface area contributed by atoms with Crippen molar-refractivity contribution < 1.29 is 24.2 Å². The number of rotatable bonds is 7. The van der Waals surface area contributed by atoms with Gasteiger partial charge in [-0.3, -0.25) is 10.2 Å². The predicted molar refractivity (Wildman–Crippen MR) is 106 cm³/mol. The van der Waals surface area contributed by atoms with Gasteiger partial charge in [-0.2, -0.15) is 5.01 Å². The molecule has 1 aromatic rings. The summed E-state index contributed by atoms with van der Waals surface area (Å²) in [6.07, 6.45) is 4.87. The molecule has 0 spiro atoms. The Labute approximate surface area is 167 Å². The molecule has 1 atom stereocenters. The van der Waals surface area contributed by atoms with E-state index in [1.165, 1.54) is 11.4 Å². The fourth-order valence-electron chi connectivity index (χ4n) is 3.52. The minimum absolute atomic E-state index is 0.337. The monoisotopic (exact) mass is 392 g/mol. The Kier molecular flexibility index (Phi) is 7.69. The molecule has 0 heterocycles. The number of benzene rings is 1. The molecule has 28 heavy (non-hydrogen) atoms. The van der Waals surface area contributed by atoms with Crippen LogP contribution in [0.4, 0.5) is 4.79 Å². The Balaban J connectivity index is 2.25. The Morgan fingerprint density at radius 3 is 2.29 bits per heavy atom. The van der Waals surface area contributed by atoms with Gasteiger partial charge in [-0.15, -0.1) is 0 Å². The average molecular weight is 392 g/mol. The van der Waals surface area contributed by atoms with E-state index in [1.54, 1.807) is 52.1 Å². The zero-order chi connectivity index (χ0) is 20.7. The largest absolute Gasteiger partial charge is 0.497 e. The SMILES string of the molecule is COc1ccc(C(C(=O)O)N(CC2CCCCC2)NC(=O)OC(C)(C)C)cc1. The topological polar surface area (TPSA) is 88.1 Å². The third-order valence-electron chi connectivity index (χ3n) is 4.79. The summed E-state index contributed by atoms with van der Waals surface area (Å²) in [5.41, 5.74) is 2.59. The molecule has 1 fully saturated rings. The smallest absolute Gasteiger partial charge is 0.422 e. The van der Waals surface area contributed by atoms with Crippen LogP contribution < -0.4 is 10.2 Å². The van der Waals surface area contributed by atoms with Gasteiger partial charge in [0.25, 0.3) is 0 Å². The van der Waals surface area contributed by atoms with Gasteiger partial charge in [-0.25, -0.2) is 4.79 Å². The maximum Gasteiger partial charge on any atom is 0.422 e. The highest BCUT2D eigenvalue weighted by atomic mass is 16.6. The number of hydrogen-bond donors (Lipinski definition) is 2. The summed E-state index contributed by atoms with van der Waals surface area (Å²) in [4.78, 5) is 24.5. The fraction of sp³-hybridized carbons (Fsp3) is 0.619. The van der Waals surface area contributed by atoms with E-state index >= 15 is 0 Å². The van der Waals surface area contributed by atoms with Crippen molar-refractivity contribution in [2.24, 2.45) is 5.92 Å². The first-order valence-corrected chi connectivity index (χ1v) is 9.82. The second kappa shape index (κ2) is 9.78. The lowest BCUT2D eigenvalue weighted by Crippen LogP contribution is -2.50. The van der Waals surface area contributed by atoms with Gasteiger partial charge >= 0.3 is 12.1 Å². The molecule has 0 saturated heterocycles. The number of nitrogens with zero attached hydrogens (tertiary/aromatic N) is 1. The van der Waals surface area contributed by atoms with E-state index < -0.39 is 23.7 Å². The second-order valence-corrected chi connectivity index (χ2v) is 8.28. The average Bonchev–Trinajstić information content (AvgIpc) is 2.61.